The van der Waals surface area contributed by atoms with Crippen molar-refractivity contribution in [3.05, 3.63) is 35.9 Å². The van der Waals surface area contributed by atoms with Crippen molar-refractivity contribution >= 4 is 19.9 Å². The van der Waals surface area contributed by atoms with Gasteiger partial charge in [-0.2, -0.15) is 0 Å². The average Bonchev–Trinajstić information content (AvgIpc) is 2.52. The van der Waals surface area contributed by atoms with Gasteiger partial charge in [-0.15, -0.1) is 0 Å². The van der Waals surface area contributed by atoms with E-state index in [0.29, 0.717) is 5.56 Å². The number of amides is 1. The van der Waals surface area contributed by atoms with Crippen molar-refractivity contribution in [1.82, 2.24) is 5.32 Å². The lowest BCUT2D eigenvalue weighted by Gasteiger charge is -2.24. The highest BCUT2D eigenvalue weighted by Gasteiger charge is 2.35. The second kappa shape index (κ2) is 9.71. The van der Waals surface area contributed by atoms with Crippen molar-refractivity contribution in [2.45, 2.75) is 46.3 Å². The van der Waals surface area contributed by atoms with Crippen LogP contribution in [0.15, 0.2) is 30.3 Å². The quantitative estimate of drug-likeness (QED) is 0.674. The average molecular weight is 387 g/mol. The highest BCUT2D eigenvalue weighted by atomic mass is 31.2. The largest absolute Gasteiger partial charge is 0.532 e. The Kier molecular flexibility index (Phi) is 8.27. The molecule has 1 aromatic rings. The van der Waals surface area contributed by atoms with E-state index in [2.05, 4.69) is 5.32 Å². The summed E-state index contributed by atoms with van der Waals surface area (Å²) < 4.78 is 32.5. The first-order chi connectivity index (χ1) is 12.1. The number of alkyl carbamates (subject to hydrolysis) is 1. The Morgan fingerprint density at radius 2 is 1.62 bits per heavy atom. The van der Waals surface area contributed by atoms with Crippen LogP contribution in [-0.4, -0.2) is 30.9 Å². The molecule has 0 unspecified atom stereocenters. The lowest BCUT2D eigenvalue weighted by molar-refractivity contribution is -0.139. The SMILES string of the molecule is CCOP(=O)(OCC)OC(=O)[C@@H](NC(=O)OC(C)(C)C)c1ccccc1. The summed E-state index contributed by atoms with van der Waals surface area (Å²) in [4.78, 5) is 24.7. The molecule has 0 heterocycles. The van der Waals surface area contributed by atoms with Crippen LogP contribution in [0, 0.1) is 0 Å². The Bertz CT molecular complexity index is 632. The summed E-state index contributed by atoms with van der Waals surface area (Å²) in [5.74, 6) is -0.979. The van der Waals surface area contributed by atoms with Gasteiger partial charge in [-0.1, -0.05) is 30.3 Å². The van der Waals surface area contributed by atoms with Crippen LogP contribution >= 0.6 is 7.82 Å². The Morgan fingerprint density at radius 3 is 2.08 bits per heavy atom. The lowest BCUT2D eigenvalue weighted by atomic mass is 10.1. The smallest absolute Gasteiger partial charge is 0.444 e. The van der Waals surface area contributed by atoms with Gasteiger partial charge >= 0.3 is 19.9 Å². The normalized spacial score (nSPS) is 13.0. The van der Waals surface area contributed by atoms with E-state index in [1.54, 1.807) is 65.0 Å². The fourth-order valence-electron chi connectivity index (χ4n) is 1.92. The number of nitrogens with one attached hydrogen (secondary N) is 1. The minimum absolute atomic E-state index is 0.0278. The summed E-state index contributed by atoms with van der Waals surface area (Å²) in [6.45, 7) is 8.32. The topological polar surface area (TPSA) is 100 Å². The van der Waals surface area contributed by atoms with E-state index in [9.17, 15) is 14.2 Å². The molecular weight excluding hydrogens is 361 g/mol. The van der Waals surface area contributed by atoms with Crippen LogP contribution in [0.1, 0.15) is 46.2 Å². The van der Waals surface area contributed by atoms with E-state index >= 15 is 0 Å². The molecule has 1 aromatic carbocycles. The van der Waals surface area contributed by atoms with Gasteiger partial charge in [0.2, 0.25) is 0 Å². The maximum absolute atomic E-state index is 12.6. The molecule has 0 fully saturated rings. The molecule has 0 saturated carbocycles. The van der Waals surface area contributed by atoms with Crippen LogP contribution in [0.2, 0.25) is 0 Å². The summed E-state index contributed by atoms with van der Waals surface area (Å²) in [6, 6.07) is 7.14. The maximum Gasteiger partial charge on any atom is 0.532 e. The fourth-order valence-corrected chi connectivity index (χ4v) is 3.06. The first-order valence-corrected chi connectivity index (χ1v) is 9.73. The number of carbonyl (C=O) groups excluding carboxylic acids is 2. The van der Waals surface area contributed by atoms with Crippen LogP contribution in [0.5, 0.6) is 0 Å². The molecule has 0 aliphatic rings. The number of hydrogen-bond acceptors (Lipinski definition) is 7. The first-order valence-electron chi connectivity index (χ1n) is 8.27. The summed E-state index contributed by atoms with van der Waals surface area (Å²) in [5, 5.41) is 2.43. The first kappa shape index (κ1) is 22.2. The molecule has 0 bridgehead atoms. The molecule has 146 valence electrons. The van der Waals surface area contributed by atoms with E-state index in [-0.39, 0.29) is 13.2 Å². The third kappa shape index (κ3) is 7.56. The number of hydrogen-bond donors (Lipinski definition) is 1. The number of phosphoric acid groups is 1. The zero-order chi connectivity index (χ0) is 19.8. The zero-order valence-corrected chi connectivity index (χ0v) is 16.6. The molecule has 9 heteroatoms. The molecule has 1 N–H and O–H groups in total. The summed E-state index contributed by atoms with van der Waals surface area (Å²) in [5.41, 5.74) is -0.316. The third-order valence-electron chi connectivity index (χ3n) is 2.81. The van der Waals surface area contributed by atoms with Gasteiger partial charge in [-0.05, 0) is 40.2 Å². The van der Waals surface area contributed by atoms with Gasteiger partial charge in [-0.25, -0.2) is 14.2 Å². The molecular formula is C17H26NO7P. The molecule has 1 rings (SSSR count). The van der Waals surface area contributed by atoms with Gasteiger partial charge < -0.3 is 14.6 Å². The molecule has 0 aliphatic carbocycles. The standard InChI is InChI=1S/C17H26NO7P/c1-6-22-26(21,23-7-2)25-15(19)14(13-11-9-8-10-12-13)18-16(20)24-17(3,4)5/h8-12,14H,6-7H2,1-5H3,(H,18,20)/t14-/m0/s1. The van der Waals surface area contributed by atoms with E-state index in [1.807, 2.05) is 0 Å². The molecule has 26 heavy (non-hydrogen) atoms. The van der Waals surface area contributed by atoms with E-state index < -0.39 is 31.5 Å². The zero-order valence-electron chi connectivity index (χ0n) is 15.7. The van der Waals surface area contributed by atoms with Crippen molar-refractivity contribution in [3.63, 3.8) is 0 Å². The molecule has 0 aromatic heterocycles. The molecule has 0 aliphatic heterocycles. The van der Waals surface area contributed by atoms with Crippen LogP contribution in [0.3, 0.4) is 0 Å². The summed E-state index contributed by atoms with van der Waals surface area (Å²) in [7, 11) is -4.08. The number of rotatable bonds is 8. The number of phosphoric ester groups is 1. The maximum atomic E-state index is 12.6. The predicted octanol–water partition coefficient (Wildman–Crippen LogP) is 3.98. The monoisotopic (exact) mass is 387 g/mol. The van der Waals surface area contributed by atoms with Crippen LogP contribution in [0.25, 0.3) is 0 Å². The Labute approximate surface area is 153 Å². The van der Waals surface area contributed by atoms with Crippen molar-refractivity contribution in [2.75, 3.05) is 13.2 Å². The van der Waals surface area contributed by atoms with Crippen LogP contribution < -0.4 is 5.32 Å². The highest BCUT2D eigenvalue weighted by molar-refractivity contribution is 7.49. The van der Waals surface area contributed by atoms with Crippen molar-refractivity contribution < 1.29 is 32.5 Å². The van der Waals surface area contributed by atoms with Gasteiger partial charge in [-0.3, -0.25) is 9.05 Å². The van der Waals surface area contributed by atoms with Gasteiger partial charge in [0.05, 0.1) is 13.2 Å². The molecule has 1 atom stereocenters. The van der Waals surface area contributed by atoms with E-state index in [0.717, 1.165) is 0 Å². The minimum Gasteiger partial charge on any atom is -0.444 e. The lowest BCUT2D eigenvalue weighted by Crippen LogP contribution is -2.38. The highest BCUT2D eigenvalue weighted by Crippen LogP contribution is 2.50. The molecule has 0 radical (unpaired) electrons. The van der Waals surface area contributed by atoms with Crippen molar-refractivity contribution in [2.24, 2.45) is 0 Å². The molecule has 0 spiro atoms. The third-order valence-corrected chi connectivity index (χ3v) is 4.36. The van der Waals surface area contributed by atoms with E-state index in [4.69, 9.17) is 18.3 Å². The number of benzene rings is 1. The van der Waals surface area contributed by atoms with Crippen LogP contribution in [-0.2, 0) is 27.7 Å². The predicted molar refractivity (Wildman–Crippen MR) is 95.5 cm³/mol. The Hall–Kier alpha value is -1.89. The van der Waals surface area contributed by atoms with Gasteiger partial charge in [0.15, 0.2) is 6.04 Å². The number of ether oxygens (including phenoxy) is 1. The van der Waals surface area contributed by atoms with Crippen molar-refractivity contribution in [1.29, 1.82) is 0 Å². The molecule has 8 nitrogen and oxygen atoms in total. The second-order valence-corrected chi connectivity index (χ2v) is 7.78. The van der Waals surface area contributed by atoms with Gasteiger partial charge in [0.1, 0.15) is 5.60 Å². The molecule has 0 saturated heterocycles. The summed E-state index contributed by atoms with van der Waals surface area (Å²) >= 11 is 0. The minimum atomic E-state index is -4.08. The second-order valence-electron chi connectivity index (χ2n) is 6.18. The van der Waals surface area contributed by atoms with Gasteiger partial charge in [0.25, 0.3) is 0 Å². The Balaban J connectivity index is 3.02. The fraction of sp³-hybridized carbons (Fsp3) is 0.529. The van der Waals surface area contributed by atoms with Crippen molar-refractivity contribution in [3.8, 4) is 0 Å². The Morgan fingerprint density at radius 1 is 1.08 bits per heavy atom. The number of carbonyl (C=O) groups is 2. The van der Waals surface area contributed by atoms with Crippen LogP contribution in [0.4, 0.5) is 4.79 Å². The summed E-state index contributed by atoms with van der Waals surface area (Å²) in [6.07, 6.45) is -0.814. The van der Waals surface area contributed by atoms with E-state index in [1.165, 1.54) is 0 Å². The van der Waals surface area contributed by atoms with Gasteiger partial charge in [0, 0.05) is 0 Å². The molecule has 1 amide bonds.